The lowest BCUT2D eigenvalue weighted by Gasteiger charge is -2.28. The average molecular weight is 515 g/mol. The van der Waals surface area contributed by atoms with Gasteiger partial charge in [-0.25, -0.2) is 9.97 Å². The summed E-state index contributed by atoms with van der Waals surface area (Å²) >= 11 is 0. The number of nitrogens with zero attached hydrogens (tertiary/aromatic N) is 6. The lowest BCUT2D eigenvalue weighted by molar-refractivity contribution is -0.117. The lowest BCUT2D eigenvalue weighted by Crippen LogP contribution is -2.40. The fraction of sp³-hybridized carbons (Fsp3) is 0.464. The Morgan fingerprint density at radius 1 is 1.11 bits per heavy atom. The highest BCUT2D eigenvalue weighted by molar-refractivity contribution is 5.92. The van der Waals surface area contributed by atoms with E-state index in [9.17, 15) is 15.2 Å². The van der Waals surface area contributed by atoms with E-state index in [0.29, 0.717) is 43.4 Å². The van der Waals surface area contributed by atoms with E-state index in [1.54, 1.807) is 12.4 Å². The van der Waals surface area contributed by atoms with E-state index < -0.39 is 0 Å². The molecule has 3 N–H and O–H groups in total. The van der Waals surface area contributed by atoms with E-state index in [1.807, 2.05) is 41.2 Å². The van der Waals surface area contributed by atoms with Crippen molar-refractivity contribution in [3.63, 3.8) is 0 Å². The highest BCUT2D eigenvalue weighted by Crippen LogP contribution is 2.36. The van der Waals surface area contributed by atoms with Gasteiger partial charge in [0.25, 0.3) is 0 Å². The van der Waals surface area contributed by atoms with Crippen LogP contribution < -0.4 is 10.6 Å². The van der Waals surface area contributed by atoms with Crippen LogP contribution in [0.4, 0.5) is 17.3 Å². The molecular formula is C28H34N8O2. The fourth-order valence-corrected chi connectivity index (χ4v) is 5.39. The SMILES string of the molecule is N#CCC(C1CCCC1)n1cc(-c2ccnc(Nc3ccc(NC(=O)CN4CCC(O)CC4)cc3)n2)cn1. The minimum absolute atomic E-state index is 0.0661. The first-order chi connectivity index (χ1) is 18.6. The summed E-state index contributed by atoms with van der Waals surface area (Å²) < 4.78 is 1.94. The van der Waals surface area contributed by atoms with Gasteiger partial charge in [0.15, 0.2) is 0 Å². The molecule has 2 aromatic heterocycles. The molecule has 1 amide bonds. The smallest absolute Gasteiger partial charge is 0.238 e. The molecule has 1 aliphatic heterocycles. The van der Waals surface area contributed by atoms with Crippen LogP contribution in [-0.2, 0) is 4.79 Å². The second-order valence-electron chi connectivity index (χ2n) is 10.2. The summed E-state index contributed by atoms with van der Waals surface area (Å²) in [6.45, 7) is 1.79. The number of benzene rings is 1. The van der Waals surface area contributed by atoms with Crippen LogP contribution in [-0.4, -0.2) is 61.4 Å². The monoisotopic (exact) mass is 514 g/mol. The molecule has 10 nitrogen and oxygen atoms in total. The van der Waals surface area contributed by atoms with Crippen LogP contribution in [0.5, 0.6) is 0 Å². The Hall–Kier alpha value is -3.81. The third-order valence-electron chi connectivity index (χ3n) is 7.49. The van der Waals surface area contributed by atoms with Crippen LogP contribution >= 0.6 is 0 Å². The zero-order chi connectivity index (χ0) is 26.3. The first kappa shape index (κ1) is 25.8. The molecule has 2 fully saturated rings. The molecule has 3 heterocycles. The van der Waals surface area contributed by atoms with Crippen LogP contribution in [0.1, 0.15) is 51.0 Å². The molecule has 198 valence electrons. The van der Waals surface area contributed by atoms with E-state index in [4.69, 9.17) is 0 Å². The molecule has 1 saturated carbocycles. The normalized spacial score (nSPS) is 17.7. The van der Waals surface area contributed by atoms with E-state index >= 15 is 0 Å². The van der Waals surface area contributed by atoms with E-state index in [-0.39, 0.29) is 18.1 Å². The number of aliphatic hydroxyl groups excluding tert-OH is 1. The molecule has 1 aromatic carbocycles. The molecule has 0 radical (unpaired) electrons. The number of hydrogen-bond donors (Lipinski definition) is 3. The number of nitriles is 1. The van der Waals surface area contributed by atoms with Gasteiger partial charge in [0, 0.05) is 42.4 Å². The van der Waals surface area contributed by atoms with Gasteiger partial charge in [0.1, 0.15) is 0 Å². The van der Waals surface area contributed by atoms with Crippen molar-refractivity contribution in [3.05, 3.63) is 48.9 Å². The summed E-state index contributed by atoms with van der Waals surface area (Å²) in [6, 6.07) is 11.7. The summed E-state index contributed by atoms with van der Waals surface area (Å²) in [5.74, 6) is 0.892. The van der Waals surface area contributed by atoms with Crippen molar-refractivity contribution >= 4 is 23.2 Å². The summed E-state index contributed by atoms with van der Waals surface area (Å²) in [6.07, 6.45) is 11.9. The van der Waals surface area contributed by atoms with E-state index in [2.05, 4.69) is 36.7 Å². The van der Waals surface area contributed by atoms with Crippen molar-refractivity contribution < 1.29 is 9.90 Å². The van der Waals surface area contributed by atoms with Crippen LogP contribution in [0, 0.1) is 17.2 Å². The molecule has 5 rings (SSSR count). The van der Waals surface area contributed by atoms with Gasteiger partial charge in [-0.1, -0.05) is 12.8 Å². The highest BCUT2D eigenvalue weighted by Gasteiger charge is 2.27. The molecule has 0 bridgehead atoms. The molecule has 1 unspecified atom stereocenters. The summed E-state index contributed by atoms with van der Waals surface area (Å²) in [4.78, 5) is 23.5. The van der Waals surface area contributed by atoms with Crippen molar-refractivity contribution in [1.29, 1.82) is 5.26 Å². The third kappa shape index (κ3) is 6.54. The van der Waals surface area contributed by atoms with Gasteiger partial charge >= 0.3 is 0 Å². The zero-order valence-corrected chi connectivity index (χ0v) is 21.5. The van der Waals surface area contributed by atoms with Gasteiger partial charge in [0.05, 0.1) is 43.1 Å². The summed E-state index contributed by atoms with van der Waals surface area (Å²) in [7, 11) is 0. The minimum atomic E-state index is -0.250. The van der Waals surface area contributed by atoms with Gasteiger partial charge in [-0.2, -0.15) is 10.4 Å². The number of rotatable bonds is 9. The Bertz CT molecular complexity index is 1250. The van der Waals surface area contributed by atoms with Crippen molar-refractivity contribution in [1.82, 2.24) is 24.6 Å². The zero-order valence-electron chi connectivity index (χ0n) is 21.5. The number of nitrogens with one attached hydrogen (secondary N) is 2. The number of anilines is 3. The van der Waals surface area contributed by atoms with Gasteiger partial charge in [-0.05, 0) is 61.9 Å². The van der Waals surface area contributed by atoms with Crippen LogP contribution in [0.15, 0.2) is 48.9 Å². The molecule has 1 saturated heterocycles. The Labute approximate surface area is 222 Å². The molecule has 10 heteroatoms. The number of aliphatic hydroxyl groups is 1. The Balaban J connectivity index is 1.19. The molecular weight excluding hydrogens is 480 g/mol. The highest BCUT2D eigenvalue weighted by atomic mass is 16.3. The van der Waals surface area contributed by atoms with Crippen LogP contribution in [0.2, 0.25) is 0 Å². The maximum Gasteiger partial charge on any atom is 0.238 e. The van der Waals surface area contributed by atoms with E-state index in [0.717, 1.165) is 42.9 Å². The van der Waals surface area contributed by atoms with Crippen molar-refractivity contribution in [2.75, 3.05) is 30.3 Å². The summed E-state index contributed by atoms with van der Waals surface area (Å²) in [5.41, 5.74) is 3.16. The van der Waals surface area contributed by atoms with Gasteiger partial charge < -0.3 is 15.7 Å². The molecule has 1 atom stereocenters. The third-order valence-corrected chi connectivity index (χ3v) is 7.49. The molecule has 0 spiro atoms. The Kier molecular flexibility index (Phi) is 8.26. The molecule has 2 aliphatic rings. The van der Waals surface area contributed by atoms with Crippen molar-refractivity contribution in [2.45, 2.75) is 57.1 Å². The molecule has 38 heavy (non-hydrogen) atoms. The Morgan fingerprint density at radius 3 is 2.58 bits per heavy atom. The van der Waals surface area contributed by atoms with Crippen LogP contribution in [0.25, 0.3) is 11.3 Å². The predicted molar refractivity (Wildman–Crippen MR) is 145 cm³/mol. The first-order valence-electron chi connectivity index (χ1n) is 13.4. The number of piperidine rings is 1. The van der Waals surface area contributed by atoms with Crippen molar-refractivity contribution in [3.8, 4) is 17.3 Å². The molecule has 3 aromatic rings. The number of aromatic nitrogens is 4. The molecule has 1 aliphatic carbocycles. The van der Waals surface area contributed by atoms with Crippen molar-refractivity contribution in [2.24, 2.45) is 5.92 Å². The fourth-order valence-electron chi connectivity index (χ4n) is 5.39. The van der Waals surface area contributed by atoms with Crippen LogP contribution in [0.3, 0.4) is 0 Å². The summed E-state index contributed by atoms with van der Waals surface area (Å²) in [5, 5.41) is 29.7. The van der Waals surface area contributed by atoms with Gasteiger partial charge in [-0.15, -0.1) is 0 Å². The largest absolute Gasteiger partial charge is 0.393 e. The first-order valence-corrected chi connectivity index (χ1v) is 13.4. The van der Waals surface area contributed by atoms with E-state index in [1.165, 1.54) is 12.8 Å². The maximum atomic E-state index is 12.4. The lowest BCUT2D eigenvalue weighted by atomic mass is 9.96. The Morgan fingerprint density at radius 2 is 1.84 bits per heavy atom. The predicted octanol–water partition coefficient (Wildman–Crippen LogP) is 4.12. The second kappa shape index (κ2) is 12.2. The topological polar surface area (TPSA) is 132 Å². The standard InChI is InChI=1S/C28H34N8O2/c29-13-9-26(20-3-1-2-4-20)36-18-21(17-31-36)25-10-14-30-28(34-25)33-23-7-5-22(6-8-23)32-27(38)19-35-15-11-24(37)12-16-35/h5-8,10,14,17-18,20,24,26,37H,1-4,9,11-12,15-16,19H2,(H,32,38)(H,30,33,34). The number of amides is 1. The number of carbonyl (C=O) groups is 1. The second-order valence-corrected chi connectivity index (χ2v) is 10.2. The maximum absolute atomic E-state index is 12.4. The number of carbonyl (C=O) groups excluding carboxylic acids is 1. The minimum Gasteiger partial charge on any atom is -0.393 e. The number of likely N-dealkylation sites (tertiary alicyclic amines) is 1. The van der Waals surface area contributed by atoms with Gasteiger partial charge in [-0.3, -0.25) is 14.4 Å². The average Bonchev–Trinajstić information content (AvgIpc) is 3.63. The number of hydrogen-bond acceptors (Lipinski definition) is 8. The quantitative estimate of drug-likeness (QED) is 0.388. The van der Waals surface area contributed by atoms with Gasteiger partial charge in [0.2, 0.25) is 11.9 Å².